The van der Waals surface area contributed by atoms with Crippen LogP contribution in [0, 0.1) is 13.8 Å². The van der Waals surface area contributed by atoms with Gasteiger partial charge in [0, 0.05) is 48.9 Å². The molecule has 0 aliphatic heterocycles. The second-order valence-corrected chi connectivity index (χ2v) is 7.86. The van der Waals surface area contributed by atoms with Crippen LogP contribution in [-0.2, 0) is 19.3 Å². The fourth-order valence-corrected chi connectivity index (χ4v) is 4.04. The van der Waals surface area contributed by atoms with E-state index in [0.29, 0.717) is 0 Å². The van der Waals surface area contributed by atoms with Gasteiger partial charge in [0.2, 0.25) is 0 Å². The van der Waals surface area contributed by atoms with Crippen LogP contribution in [0.5, 0.6) is 0 Å². The molecule has 0 fully saturated rings. The highest BCUT2D eigenvalue weighted by molar-refractivity contribution is 14.0. The Balaban J connectivity index is 0.00000288. The third kappa shape index (κ3) is 6.64. The predicted octanol–water partition coefficient (Wildman–Crippen LogP) is 3.35. The van der Waals surface area contributed by atoms with E-state index in [1.54, 1.807) is 29.7 Å². The summed E-state index contributed by atoms with van der Waals surface area (Å²) in [5.41, 5.74) is 1.23. The molecule has 0 amide bonds. The van der Waals surface area contributed by atoms with E-state index >= 15 is 0 Å². The summed E-state index contributed by atoms with van der Waals surface area (Å²) in [5, 5.41) is 9.03. The van der Waals surface area contributed by atoms with E-state index in [0.717, 1.165) is 43.3 Å². The zero-order valence-corrected chi connectivity index (χ0v) is 18.6. The standard InChI is InChI=1S/C16H25N5S2.HI/c1-5-13-12(3)23-15(21-13)7-9-19-16(17-4)18-8-6-14-20-10-11(2)22-14;/h10H,5-9H2,1-4H3,(H2,17,18,19);1H. The second kappa shape index (κ2) is 11.0. The van der Waals surface area contributed by atoms with Crippen molar-refractivity contribution in [3.63, 3.8) is 0 Å². The molecule has 0 atom stereocenters. The number of aliphatic imine (C=N–C) groups is 1. The van der Waals surface area contributed by atoms with Crippen molar-refractivity contribution in [2.75, 3.05) is 20.1 Å². The summed E-state index contributed by atoms with van der Waals surface area (Å²) in [6.07, 6.45) is 4.78. The van der Waals surface area contributed by atoms with Crippen LogP contribution in [0.3, 0.4) is 0 Å². The minimum atomic E-state index is 0. The number of nitrogens with zero attached hydrogens (tertiary/aromatic N) is 3. The average Bonchev–Trinajstić information content (AvgIpc) is 3.11. The van der Waals surface area contributed by atoms with Crippen LogP contribution in [0.15, 0.2) is 11.2 Å². The molecule has 0 aliphatic carbocycles. The Bertz CT molecular complexity index is 651. The highest BCUT2D eigenvalue weighted by atomic mass is 127. The molecule has 0 aliphatic rings. The lowest BCUT2D eigenvalue weighted by molar-refractivity contribution is 0.778. The molecular weight excluding hydrogens is 453 g/mol. The van der Waals surface area contributed by atoms with E-state index in [4.69, 9.17) is 0 Å². The van der Waals surface area contributed by atoms with Crippen LogP contribution in [-0.4, -0.2) is 36.1 Å². The van der Waals surface area contributed by atoms with Gasteiger partial charge in [0.25, 0.3) is 0 Å². The Morgan fingerprint density at radius 3 is 2.29 bits per heavy atom. The molecule has 0 spiro atoms. The molecule has 8 heteroatoms. The molecule has 2 heterocycles. The molecule has 2 aromatic rings. The first kappa shape index (κ1) is 21.3. The maximum atomic E-state index is 4.67. The van der Waals surface area contributed by atoms with Gasteiger partial charge in [-0.05, 0) is 20.3 Å². The van der Waals surface area contributed by atoms with Crippen molar-refractivity contribution in [2.45, 2.75) is 40.0 Å². The minimum absolute atomic E-state index is 0. The fraction of sp³-hybridized carbons (Fsp3) is 0.562. The Kier molecular flexibility index (Phi) is 9.75. The molecule has 0 radical (unpaired) electrons. The van der Waals surface area contributed by atoms with E-state index in [-0.39, 0.29) is 24.0 Å². The van der Waals surface area contributed by atoms with Gasteiger partial charge >= 0.3 is 0 Å². The fourth-order valence-electron chi connectivity index (χ4n) is 2.24. The monoisotopic (exact) mass is 479 g/mol. The van der Waals surface area contributed by atoms with Crippen LogP contribution < -0.4 is 10.6 Å². The Morgan fingerprint density at radius 2 is 1.79 bits per heavy atom. The molecule has 2 aromatic heterocycles. The van der Waals surface area contributed by atoms with Gasteiger partial charge in [0.15, 0.2) is 5.96 Å². The Morgan fingerprint density at radius 1 is 1.12 bits per heavy atom. The normalized spacial score (nSPS) is 11.2. The summed E-state index contributed by atoms with van der Waals surface area (Å²) < 4.78 is 0. The first-order chi connectivity index (χ1) is 11.1. The summed E-state index contributed by atoms with van der Waals surface area (Å²) in [6, 6.07) is 0. The van der Waals surface area contributed by atoms with Gasteiger partial charge in [-0.25, -0.2) is 9.97 Å². The van der Waals surface area contributed by atoms with Crippen LogP contribution >= 0.6 is 46.7 Å². The molecule has 0 unspecified atom stereocenters. The maximum Gasteiger partial charge on any atom is 0.191 e. The van der Waals surface area contributed by atoms with Gasteiger partial charge in [0.1, 0.15) is 0 Å². The first-order valence-electron chi connectivity index (χ1n) is 7.93. The Hall–Kier alpha value is -0.740. The minimum Gasteiger partial charge on any atom is -0.356 e. The average molecular weight is 479 g/mol. The topological polar surface area (TPSA) is 62.2 Å². The molecule has 134 valence electrons. The number of halogens is 1. The summed E-state index contributed by atoms with van der Waals surface area (Å²) in [4.78, 5) is 15.9. The SMILES string of the molecule is CCc1nc(CCNC(=NC)NCCc2ncc(C)s2)sc1C.I. The molecule has 2 N–H and O–H groups in total. The number of guanidine groups is 1. The summed E-state index contributed by atoms with van der Waals surface area (Å²) >= 11 is 3.55. The van der Waals surface area contributed by atoms with Crippen molar-refractivity contribution in [3.8, 4) is 0 Å². The van der Waals surface area contributed by atoms with Gasteiger partial charge in [-0.15, -0.1) is 46.7 Å². The van der Waals surface area contributed by atoms with Gasteiger partial charge in [-0.2, -0.15) is 0 Å². The van der Waals surface area contributed by atoms with Gasteiger partial charge < -0.3 is 10.6 Å². The number of nitrogens with one attached hydrogen (secondary N) is 2. The Labute approximate surface area is 169 Å². The zero-order valence-electron chi connectivity index (χ0n) is 14.7. The third-order valence-electron chi connectivity index (χ3n) is 3.43. The summed E-state index contributed by atoms with van der Waals surface area (Å²) in [5.74, 6) is 0.835. The maximum absolute atomic E-state index is 4.67. The highest BCUT2D eigenvalue weighted by Gasteiger charge is 2.06. The molecule has 24 heavy (non-hydrogen) atoms. The van der Waals surface area contributed by atoms with Gasteiger partial charge in [-0.3, -0.25) is 4.99 Å². The lowest BCUT2D eigenvalue weighted by atomic mass is 10.3. The number of hydrogen-bond donors (Lipinski definition) is 2. The molecule has 0 aromatic carbocycles. The lowest BCUT2D eigenvalue weighted by Gasteiger charge is -2.10. The van der Waals surface area contributed by atoms with Crippen molar-refractivity contribution < 1.29 is 0 Å². The zero-order chi connectivity index (χ0) is 16.7. The van der Waals surface area contributed by atoms with Crippen molar-refractivity contribution in [2.24, 2.45) is 4.99 Å². The van der Waals surface area contributed by atoms with Crippen molar-refractivity contribution >= 4 is 52.6 Å². The number of aromatic nitrogens is 2. The van der Waals surface area contributed by atoms with Crippen LogP contribution in [0.2, 0.25) is 0 Å². The van der Waals surface area contributed by atoms with E-state index < -0.39 is 0 Å². The number of rotatable bonds is 7. The third-order valence-corrected chi connectivity index (χ3v) is 5.47. The van der Waals surface area contributed by atoms with Crippen LogP contribution in [0.25, 0.3) is 0 Å². The molecule has 0 saturated heterocycles. The first-order valence-corrected chi connectivity index (χ1v) is 9.56. The quantitative estimate of drug-likeness (QED) is 0.363. The number of hydrogen-bond acceptors (Lipinski definition) is 5. The van der Waals surface area contributed by atoms with Crippen molar-refractivity contribution in [1.82, 2.24) is 20.6 Å². The van der Waals surface area contributed by atoms with Crippen LogP contribution in [0.4, 0.5) is 0 Å². The number of thiazole rings is 2. The predicted molar refractivity (Wildman–Crippen MR) is 115 cm³/mol. The highest BCUT2D eigenvalue weighted by Crippen LogP contribution is 2.17. The summed E-state index contributed by atoms with van der Waals surface area (Å²) in [6.45, 7) is 8.06. The molecule has 0 bridgehead atoms. The largest absolute Gasteiger partial charge is 0.356 e. The van der Waals surface area contributed by atoms with Gasteiger partial charge in [-0.1, -0.05) is 6.92 Å². The molecule has 5 nitrogen and oxygen atoms in total. The van der Waals surface area contributed by atoms with E-state index in [2.05, 4.69) is 46.4 Å². The van der Waals surface area contributed by atoms with Crippen LogP contribution in [0.1, 0.15) is 32.4 Å². The molecule has 0 saturated carbocycles. The number of aryl methyl sites for hydroxylation is 3. The smallest absolute Gasteiger partial charge is 0.191 e. The van der Waals surface area contributed by atoms with E-state index in [9.17, 15) is 0 Å². The molecular formula is C16H26IN5S2. The lowest BCUT2D eigenvalue weighted by Crippen LogP contribution is -2.39. The van der Waals surface area contributed by atoms with Crippen molar-refractivity contribution in [1.29, 1.82) is 0 Å². The van der Waals surface area contributed by atoms with Gasteiger partial charge in [0.05, 0.1) is 15.7 Å². The van der Waals surface area contributed by atoms with E-state index in [1.165, 1.54) is 20.5 Å². The summed E-state index contributed by atoms with van der Waals surface area (Å²) in [7, 11) is 1.80. The second-order valence-electron chi connectivity index (χ2n) is 5.25. The van der Waals surface area contributed by atoms with Crippen molar-refractivity contribution in [3.05, 3.63) is 31.7 Å². The molecule has 2 rings (SSSR count). The van der Waals surface area contributed by atoms with E-state index in [1.807, 2.05) is 6.20 Å².